The Balaban J connectivity index is 3.06. The monoisotopic (exact) mass is 220 g/mol. The third-order valence-corrected chi connectivity index (χ3v) is 2.25. The summed E-state index contributed by atoms with van der Waals surface area (Å²) in [4.78, 5) is 0. The maximum absolute atomic E-state index is 13.1. The second-order valence-electron chi connectivity index (χ2n) is 3.89. The van der Waals surface area contributed by atoms with Crippen LogP contribution in [0.2, 0.25) is 19.6 Å². The van der Waals surface area contributed by atoms with Crippen LogP contribution in [-0.2, 0) is 0 Å². The van der Waals surface area contributed by atoms with Crippen molar-refractivity contribution in [2.24, 2.45) is 0 Å². The van der Waals surface area contributed by atoms with Gasteiger partial charge in [-0.15, -0.1) is 0 Å². The van der Waals surface area contributed by atoms with Crippen LogP contribution in [0, 0.1) is 17.5 Å². The molecule has 1 aromatic carbocycles. The van der Waals surface area contributed by atoms with Crippen LogP contribution in [0.1, 0.15) is 0 Å². The van der Waals surface area contributed by atoms with Crippen molar-refractivity contribution >= 4 is 8.32 Å². The zero-order chi connectivity index (χ0) is 10.9. The number of halogens is 3. The minimum Gasteiger partial charge on any atom is -0.542 e. The molecule has 0 spiro atoms. The van der Waals surface area contributed by atoms with E-state index in [2.05, 4.69) is 0 Å². The molecule has 0 N–H and O–H groups in total. The second kappa shape index (κ2) is 3.65. The molecule has 5 heteroatoms. The summed E-state index contributed by atoms with van der Waals surface area (Å²) in [6.07, 6.45) is 0. The molecule has 0 aliphatic rings. The first kappa shape index (κ1) is 11.1. The van der Waals surface area contributed by atoms with Gasteiger partial charge >= 0.3 is 0 Å². The number of hydrogen-bond donors (Lipinski definition) is 0. The average Bonchev–Trinajstić information content (AvgIpc) is 2.04. The number of hydrogen-bond acceptors (Lipinski definition) is 1. The lowest BCUT2D eigenvalue weighted by Gasteiger charge is -2.19. The Morgan fingerprint density at radius 1 is 1.00 bits per heavy atom. The third-order valence-electron chi connectivity index (χ3n) is 1.42. The Morgan fingerprint density at radius 3 is 2.07 bits per heavy atom. The average molecular weight is 220 g/mol. The predicted molar refractivity (Wildman–Crippen MR) is 50.3 cm³/mol. The van der Waals surface area contributed by atoms with Crippen LogP contribution in [0.5, 0.6) is 5.75 Å². The van der Waals surface area contributed by atoms with Gasteiger partial charge in [-0.25, -0.2) is 8.78 Å². The zero-order valence-electron chi connectivity index (χ0n) is 8.20. The Hall–Kier alpha value is -0.973. The Bertz CT molecular complexity index is 347. The highest BCUT2D eigenvalue weighted by molar-refractivity contribution is 6.70. The smallest absolute Gasteiger partial charge is 0.242 e. The van der Waals surface area contributed by atoms with E-state index in [-0.39, 0.29) is 5.75 Å². The van der Waals surface area contributed by atoms with E-state index < -0.39 is 25.8 Å². The third kappa shape index (κ3) is 2.51. The van der Waals surface area contributed by atoms with Crippen molar-refractivity contribution in [2.75, 3.05) is 0 Å². The molecule has 0 saturated heterocycles. The van der Waals surface area contributed by atoms with Crippen LogP contribution in [0.3, 0.4) is 0 Å². The van der Waals surface area contributed by atoms with Crippen LogP contribution in [0.4, 0.5) is 13.2 Å². The van der Waals surface area contributed by atoms with Crippen molar-refractivity contribution in [1.29, 1.82) is 0 Å². The van der Waals surface area contributed by atoms with Crippen LogP contribution in [-0.4, -0.2) is 8.32 Å². The van der Waals surface area contributed by atoms with Crippen molar-refractivity contribution in [1.82, 2.24) is 0 Å². The lowest BCUT2D eigenvalue weighted by molar-refractivity contribution is 0.415. The molecular formula is C9H11F3OSi. The van der Waals surface area contributed by atoms with E-state index in [1.807, 2.05) is 19.6 Å². The van der Waals surface area contributed by atoms with E-state index in [9.17, 15) is 13.2 Å². The van der Waals surface area contributed by atoms with E-state index >= 15 is 0 Å². The number of rotatable bonds is 2. The van der Waals surface area contributed by atoms with E-state index in [1.54, 1.807) is 0 Å². The molecule has 0 bridgehead atoms. The maximum Gasteiger partial charge on any atom is 0.242 e. The summed E-state index contributed by atoms with van der Waals surface area (Å²) in [7, 11) is -2.00. The van der Waals surface area contributed by atoms with Gasteiger partial charge in [-0.2, -0.15) is 4.39 Å². The highest BCUT2D eigenvalue weighted by Crippen LogP contribution is 2.24. The molecule has 0 radical (unpaired) electrons. The van der Waals surface area contributed by atoms with Gasteiger partial charge in [0, 0.05) is 0 Å². The van der Waals surface area contributed by atoms with Gasteiger partial charge in [0.2, 0.25) is 14.1 Å². The summed E-state index contributed by atoms with van der Waals surface area (Å²) < 4.78 is 43.6. The van der Waals surface area contributed by atoms with Crippen molar-refractivity contribution in [3.8, 4) is 5.75 Å². The van der Waals surface area contributed by atoms with Gasteiger partial charge in [0.1, 0.15) is 5.75 Å². The standard InChI is InChI=1S/C9H11F3OSi/c1-14(2,3)13-7-5-4-6(10)8(11)9(7)12/h4-5H,1-3H3. The van der Waals surface area contributed by atoms with Crippen LogP contribution < -0.4 is 4.43 Å². The van der Waals surface area contributed by atoms with Crippen molar-refractivity contribution in [3.63, 3.8) is 0 Å². The molecule has 1 aromatic rings. The molecule has 0 unspecified atom stereocenters. The Labute approximate surface area is 81.6 Å². The topological polar surface area (TPSA) is 9.23 Å². The minimum absolute atomic E-state index is 0.219. The zero-order valence-corrected chi connectivity index (χ0v) is 9.20. The molecule has 78 valence electrons. The van der Waals surface area contributed by atoms with Gasteiger partial charge in [0.05, 0.1) is 0 Å². The van der Waals surface area contributed by atoms with Gasteiger partial charge < -0.3 is 4.43 Å². The second-order valence-corrected chi connectivity index (χ2v) is 8.32. The lowest BCUT2D eigenvalue weighted by Crippen LogP contribution is -2.29. The maximum atomic E-state index is 13.1. The van der Waals surface area contributed by atoms with Gasteiger partial charge in [0.25, 0.3) is 0 Å². The van der Waals surface area contributed by atoms with E-state index in [1.165, 1.54) is 0 Å². The summed E-state index contributed by atoms with van der Waals surface area (Å²) >= 11 is 0. The van der Waals surface area contributed by atoms with Crippen LogP contribution >= 0.6 is 0 Å². The first-order valence-corrected chi connectivity index (χ1v) is 7.54. The molecule has 1 rings (SSSR count). The molecule has 0 aliphatic heterocycles. The molecular weight excluding hydrogens is 209 g/mol. The quantitative estimate of drug-likeness (QED) is 0.548. The molecule has 0 saturated carbocycles. The van der Waals surface area contributed by atoms with Gasteiger partial charge in [-0.1, -0.05) is 0 Å². The summed E-state index contributed by atoms with van der Waals surface area (Å²) in [6, 6.07) is 1.96. The number of benzene rings is 1. The van der Waals surface area contributed by atoms with Gasteiger partial charge in [0.15, 0.2) is 11.6 Å². The molecule has 0 amide bonds. The largest absolute Gasteiger partial charge is 0.542 e. The molecule has 0 aliphatic carbocycles. The molecule has 1 nitrogen and oxygen atoms in total. The molecule has 0 atom stereocenters. The fourth-order valence-electron chi connectivity index (χ4n) is 0.917. The summed E-state index contributed by atoms with van der Waals surface area (Å²) in [5, 5.41) is 0. The SMILES string of the molecule is C[Si](C)(C)Oc1ccc(F)c(F)c1F. The summed E-state index contributed by atoms with van der Waals surface area (Å²) in [6.45, 7) is 5.48. The first-order valence-electron chi connectivity index (χ1n) is 4.14. The molecule has 0 fully saturated rings. The highest BCUT2D eigenvalue weighted by atomic mass is 28.4. The van der Waals surface area contributed by atoms with Crippen molar-refractivity contribution in [2.45, 2.75) is 19.6 Å². The normalized spacial score (nSPS) is 11.6. The Morgan fingerprint density at radius 2 is 1.57 bits per heavy atom. The lowest BCUT2D eigenvalue weighted by atomic mass is 10.3. The Kier molecular flexibility index (Phi) is 2.89. The van der Waals surface area contributed by atoms with Crippen LogP contribution in [0.15, 0.2) is 12.1 Å². The van der Waals surface area contributed by atoms with Crippen LogP contribution in [0.25, 0.3) is 0 Å². The predicted octanol–water partition coefficient (Wildman–Crippen LogP) is 3.32. The molecule has 0 aromatic heterocycles. The minimum atomic E-state index is -2.00. The van der Waals surface area contributed by atoms with E-state index in [0.29, 0.717) is 0 Å². The van der Waals surface area contributed by atoms with E-state index in [4.69, 9.17) is 4.43 Å². The van der Waals surface area contributed by atoms with E-state index in [0.717, 1.165) is 12.1 Å². The fourth-order valence-corrected chi connectivity index (χ4v) is 1.73. The van der Waals surface area contributed by atoms with Crippen molar-refractivity contribution in [3.05, 3.63) is 29.6 Å². The first-order chi connectivity index (χ1) is 6.31. The van der Waals surface area contributed by atoms with Crippen molar-refractivity contribution < 1.29 is 17.6 Å². The fraction of sp³-hybridized carbons (Fsp3) is 0.333. The van der Waals surface area contributed by atoms with Gasteiger partial charge in [-0.05, 0) is 31.8 Å². The van der Waals surface area contributed by atoms with Gasteiger partial charge in [-0.3, -0.25) is 0 Å². The molecule has 0 heterocycles. The highest BCUT2D eigenvalue weighted by Gasteiger charge is 2.21. The summed E-state index contributed by atoms with van der Waals surface area (Å²) in [5.41, 5.74) is 0. The molecule has 14 heavy (non-hydrogen) atoms. The summed E-state index contributed by atoms with van der Waals surface area (Å²) in [5.74, 6) is -4.17.